The summed E-state index contributed by atoms with van der Waals surface area (Å²) < 4.78 is 20.9. The summed E-state index contributed by atoms with van der Waals surface area (Å²) in [6.07, 6.45) is -0.724. The van der Waals surface area contributed by atoms with Crippen LogP contribution < -0.4 is 9.80 Å². The monoisotopic (exact) mass is 426 g/mol. The summed E-state index contributed by atoms with van der Waals surface area (Å²) in [5, 5.41) is 1.76. The Hall–Kier alpha value is -3.75. The predicted octanol–water partition coefficient (Wildman–Crippen LogP) is 3.56. The summed E-state index contributed by atoms with van der Waals surface area (Å²) in [4.78, 5) is 40.3. The normalized spacial score (nSPS) is 20.7. The van der Waals surface area contributed by atoms with Gasteiger partial charge in [0.25, 0.3) is 0 Å². The smallest absolute Gasteiger partial charge is 0.417 e. The number of esters is 1. The van der Waals surface area contributed by atoms with Gasteiger partial charge in [-0.2, -0.15) is 0 Å². The van der Waals surface area contributed by atoms with Crippen LogP contribution in [0.4, 0.5) is 21.0 Å². The molecule has 2 heterocycles. The van der Waals surface area contributed by atoms with Gasteiger partial charge in [0.1, 0.15) is 11.8 Å². The van der Waals surface area contributed by atoms with Crippen molar-refractivity contribution in [2.24, 2.45) is 0 Å². The van der Waals surface area contributed by atoms with E-state index in [1.165, 1.54) is 30.1 Å². The van der Waals surface area contributed by atoms with Gasteiger partial charge in [0.05, 0.1) is 38.3 Å². The molecule has 0 aromatic heterocycles. The molecule has 4 rings (SSSR count). The standard InChI is InChI=1S/C22H22N2O7/c1-4-30-19(25)12-15-11-18-20(31-15)24(22(27)29-3)17-10-14-8-6-5-7-13(14)9-16(17)23(18)21(26)28-2/h5-10,12,18,20H,4,11H2,1-3H3/b15-12+/t18-,20+/m0/s1. The molecule has 2 aliphatic heterocycles. The van der Waals surface area contributed by atoms with Crippen LogP contribution in [0.3, 0.4) is 0 Å². The fourth-order valence-electron chi connectivity index (χ4n) is 3.99. The van der Waals surface area contributed by atoms with Crippen LogP contribution in [0.15, 0.2) is 48.2 Å². The van der Waals surface area contributed by atoms with Crippen molar-refractivity contribution >= 4 is 40.3 Å². The molecule has 0 bridgehead atoms. The van der Waals surface area contributed by atoms with Crippen molar-refractivity contribution in [3.63, 3.8) is 0 Å². The van der Waals surface area contributed by atoms with Crippen LogP contribution in [0.1, 0.15) is 13.3 Å². The molecule has 1 saturated heterocycles. The third kappa shape index (κ3) is 3.52. The molecule has 0 radical (unpaired) electrons. The number of methoxy groups -OCH3 is 2. The van der Waals surface area contributed by atoms with Gasteiger partial charge in [-0.05, 0) is 29.8 Å². The number of carbonyl (C=O) groups excluding carboxylic acids is 3. The molecular formula is C22H22N2O7. The van der Waals surface area contributed by atoms with Crippen LogP contribution in [-0.4, -0.2) is 51.3 Å². The van der Waals surface area contributed by atoms with Gasteiger partial charge in [0, 0.05) is 6.42 Å². The number of fused-ring (bicyclic) bond motifs is 3. The van der Waals surface area contributed by atoms with E-state index >= 15 is 0 Å². The van der Waals surface area contributed by atoms with Gasteiger partial charge in [-0.15, -0.1) is 0 Å². The first-order valence-corrected chi connectivity index (χ1v) is 9.79. The molecule has 0 spiro atoms. The molecule has 1 fully saturated rings. The highest BCUT2D eigenvalue weighted by atomic mass is 16.6. The lowest BCUT2D eigenvalue weighted by Crippen LogP contribution is -2.58. The molecule has 2 atom stereocenters. The fourth-order valence-corrected chi connectivity index (χ4v) is 3.99. The third-order valence-corrected chi connectivity index (χ3v) is 5.27. The zero-order chi connectivity index (χ0) is 22.1. The van der Waals surface area contributed by atoms with Crippen molar-refractivity contribution in [3.8, 4) is 0 Å². The maximum atomic E-state index is 12.8. The van der Waals surface area contributed by atoms with E-state index in [0.29, 0.717) is 17.1 Å². The number of rotatable bonds is 2. The Morgan fingerprint density at radius 3 is 2.19 bits per heavy atom. The van der Waals surface area contributed by atoms with E-state index in [9.17, 15) is 14.4 Å². The molecule has 0 unspecified atom stereocenters. The summed E-state index contributed by atoms with van der Waals surface area (Å²) in [7, 11) is 2.56. The Morgan fingerprint density at radius 2 is 1.61 bits per heavy atom. The second-order valence-electron chi connectivity index (χ2n) is 7.01. The Labute approximate surface area is 178 Å². The van der Waals surface area contributed by atoms with E-state index in [2.05, 4.69) is 0 Å². The summed E-state index contributed by atoms with van der Waals surface area (Å²) in [6.45, 7) is 1.92. The number of amides is 2. The van der Waals surface area contributed by atoms with Gasteiger partial charge in [-0.1, -0.05) is 24.3 Å². The number of benzene rings is 2. The molecule has 31 heavy (non-hydrogen) atoms. The molecule has 2 amide bonds. The van der Waals surface area contributed by atoms with E-state index in [-0.39, 0.29) is 13.0 Å². The maximum Gasteiger partial charge on any atom is 0.417 e. The minimum absolute atomic E-state index is 0.193. The minimum Gasteiger partial charge on any atom is -0.472 e. The molecule has 9 nitrogen and oxygen atoms in total. The van der Waals surface area contributed by atoms with Crippen LogP contribution in [0.2, 0.25) is 0 Å². The van der Waals surface area contributed by atoms with Crippen molar-refractivity contribution < 1.29 is 33.3 Å². The average molecular weight is 426 g/mol. The number of carbonyl (C=O) groups is 3. The second kappa shape index (κ2) is 8.17. The zero-order valence-electron chi connectivity index (χ0n) is 17.4. The molecule has 9 heteroatoms. The van der Waals surface area contributed by atoms with E-state index in [1.54, 1.807) is 13.0 Å². The van der Waals surface area contributed by atoms with E-state index in [4.69, 9.17) is 18.9 Å². The first kappa shape index (κ1) is 20.5. The lowest BCUT2D eigenvalue weighted by Gasteiger charge is -2.42. The highest BCUT2D eigenvalue weighted by molar-refractivity contribution is 6.06. The Bertz CT molecular complexity index is 1010. The van der Waals surface area contributed by atoms with Crippen molar-refractivity contribution in [2.45, 2.75) is 25.6 Å². The van der Waals surface area contributed by atoms with Crippen LogP contribution in [0, 0.1) is 0 Å². The number of ether oxygens (including phenoxy) is 4. The number of hydrogen-bond donors (Lipinski definition) is 0. The van der Waals surface area contributed by atoms with Gasteiger partial charge in [-0.25, -0.2) is 19.3 Å². The predicted molar refractivity (Wildman–Crippen MR) is 112 cm³/mol. The lowest BCUT2D eigenvalue weighted by molar-refractivity contribution is -0.137. The van der Waals surface area contributed by atoms with Crippen LogP contribution >= 0.6 is 0 Å². The number of anilines is 2. The summed E-state index contributed by atoms with van der Waals surface area (Å²) >= 11 is 0. The van der Waals surface area contributed by atoms with Gasteiger partial charge < -0.3 is 18.9 Å². The fraction of sp³-hybridized carbons (Fsp3) is 0.318. The average Bonchev–Trinajstić information content (AvgIpc) is 3.17. The first-order valence-electron chi connectivity index (χ1n) is 9.79. The van der Waals surface area contributed by atoms with E-state index in [1.807, 2.05) is 30.3 Å². The molecule has 2 aliphatic rings. The summed E-state index contributed by atoms with van der Waals surface area (Å²) in [6, 6.07) is 10.6. The zero-order valence-corrected chi connectivity index (χ0v) is 17.4. The minimum atomic E-state index is -0.902. The van der Waals surface area contributed by atoms with Crippen LogP contribution in [0.25, 0.3) is 10.8 Å². The number of hydrogen-bond acceptors (Lipinski definition) is 7. The third-order valence-electron chi connectivity index (χ3n) is 5.27. The van der Waals surface area contributed by atoms with Gasteiger partial charge in [0.2, 0.25) is 6.23 Å². The Kier molecular flexibility index (Phi) is 5.41. The van der Waals surface area contributed by atoms with E-state index in [0.717, 1.165) is 10.8 Å². The molecule has 2 aromatic rings. The van der Waals surface area contributed by atoms with Crippen LogP contribution in [0.5, 0.6) is 0 Å². The first-order chi connectivity index (χ1) is 15.0. The quantitative estimate of drug-likeness (QED) is 0.412. The molecule has 0 aliphatic carbocycles. The Morgan fingerprint density at radius 1 is 1.03 bits per heavy atom. The lowest BCUT2D eigenvalue weighted by atomic mass is 10.0. The van der Waals surface area contributed by atoms with Gasteiger partial charge >= 0.3 is 18.2 Å². The maximum absolute atomic E-state index is 12.8. The van der Waals surface area contributed by atoms with Crippen molar-refractivity contribution in [3.05, 3.63) is 48.2 Å². The topological polar surface area (TPSA) is 94.6 Å². The largest absolute Gasteiger partial charge is 0.472 e. The second-order valence-corrected chi connectivity index (χ2v) is 7.01. The highest BCUT2D eigenvalue weighted by Crippen LogP contribution is 2.46. The Balaban J connectivity index is 1.88. The van der Waals surface area contributed by atoms with Crippen LogP contribution in [-0.2, 0) is 23.7 Å². The molecule has 0 N–H and O–H groups in total. The molecule has 2 aromatic carbocycles. The van der Waals surface area contributed by atoms with Gasteiger partial charge in [-0.3, -0.25) is 4.90 Å². The summed E-state index contributed by atoms with van der Waals surface area (Å²) in [5.74, 6) is -0.262. The van der Waals surface area contributed by atoms with Crippen molar-refractivity contribution in [1.29, 1.82) is 0 Å². The number of nitrogens with zero attached hydrogens (tertiary/aromatic N) is 2. The van der Waals surface area contributed by atoms with Crippen molar-refractivity contribution in [2.75, 3.05) is 30.6 Å². The SMILES string of the molecule is CCOC(=O)/C=C1\C[C@H]2[C@@H](O1)N(C(=O)OC)c1cc3ccccc3cc1N2C(=O)OC. The molecule has 162 valence electrons. The van der Waals surface area contributed by atoms with Crippen molar-refractivity contribution in [1.82, 2.24) is 0 Å². The van der Waals surface area contributed by atoms with Gasteiger partial charge in [0.15, 0.2) is 0 Å². The molecular weight excluding hydrogens is 404 g/mol. The van der Waals surface area contributed by atoms with E-state index < -0.39 is 30.4 Å². The molecule has 0 saturated carbocycles. The highest BCUT2D eigenvalue weighted by Gasteiger charge is 2.51. The summed E-state index contributed by atoms with van der Waals surface area (Å²) in [5.41, 5.74) is 0.924.